The normalized spacial score (nSPS) is 32.0. The zero-order chi connectivity index (χ0) is 6.69. The van der Waals surface area contributed by atoms with E-state index in [1.54, 1.807) is 0 Å². The highest BCUT2D eigenvalue weighted by atomic mass is 16.5. The first-order chi connectivity index (χ1) is 4.29. The smallest absolute Gasteiger partial charge is 0.0630 e. The van der Waals surface area contributed by atoms with E-state index in [4.69, 9.17) is 10.5 Å². The summed E-state index contributed by atoms with van der Waals surface area (Å²) in [6, 6.07) is 0.206. The predicted octanol–water partition coefficient (Wildman–Crippen LogP) is -0.724. The molecule has 54 valence electrons. The number of nitrogens with zero attached hydrogens (tertiary/aromatic N) is 1. The quantitative estimate of drug-likeness (QED) is 0.470. The Bertz CT molecular complexity index is 77.1. The van der Waals surface area contributed by atoms with Gasteiger partial charge in [0.05, 0.1) is 13.2 Å². The molecule has 1 fully saturated rings. The summed E-state index contributed by atoms with van der Waals surface area (Å²) in [5.41, 5.74) is 5.66. The lowest BCUT2D eigenvalue weighted by atomic mass is 10.3. The van der Waals surface area contributed by atoms with Crippen molar-refractivity contribution < 1.29 is 4.74 Å². The average Bonchev–Trinajstić information content (AvgIpc) is 1.93. The van der Waals surface area contributed by atoms with E-state index >= 15 is 0 Å². The minimum atomic E-state index is 0.206. The van der Waals surface area contributed by atoms with Gasteiger partial charge in [-0.3, -0.25) is 0 Å². The van der Waals surface area contributed by atoms with E-state index in [9.17, 15) is 0 Å². The Balaban J connectivity index is 2.29. The van der Waals surface area contributed by atoms with Gasteiger partial charge in [-0.1, -0.05) is 0 Å². The lowest BCUT2D eigenvalue weighted by Crippen LogP contribution is -2.35. The molecule has 9 heavy (non-hydrogen) atoms. The lowest BCUT2D eigenvalue weighted by molar-refractivity contribution is 0.138. The minimum Gasteiger partial charge on any atom is -0.378 e. The Morgan fingerprint density at radius 3 is 3.22 bits per heavy atom. The molecule has 0 aromatic rings. The number of likely N-dealkylation sites (N-methyl/N-ethyl adjacent to an activating group) is 1. The molecule has 1 atom stereocenters. The van der Waals surface area contributed by atoms with Crippen LogP contribution in [0.5, 0.6) is 0 Å². The molecular weight excluding hydrogens is 116 g/mol. The number of hydrogen-bond donors (Lipinski definition) is 1. The van der Waals surface area contributed by atoms with Gasteiger partial charge in [0.2, 0.25) is 0 Å². The van der Waals surface area contributed by atoms with Crippen molar-refractivity contribution >= 4 is 0 Å². The highest BCUT2D eigenvalue weighted by Gasteiger charge is 2.10. The summed E-state index contributed by atoms with van der Waals surface area (Å²) in [4.78, 5) is 2.19. The van der Waals surface area contributed by atoms with Gasteiger partial charge in [-0.15, -0.1) is 0 Å². The van der Waals surface area contributed by atoms with Gasteiger partial charge in [0.1, 0.15) is 0 Å². The van der Waals surface area contributed by atoms with Crippen LogP contribution < -0.4 is 5.73 Å². The number of nitrogens with two attached hydrogens (primary N) is 1. The SMILES string of the molecule is CN1CCOCC(N)C1. The molecule has 2 N–H and O–H groups in total. The maximum Gasteiger partial charge on any atom is 0.0630 e. The highest BCUT2D eigenvalue weighted by molar-refractivity contribution is 4.67. The van der Waals surface area contributed by atoms with Crippen LogP contribution in [-0.4, -0.2) is 44.3 Å². The Hall–Kier alpha value is -0.120. The molecule has 0 radical (unpaired) electrons. The molecule has 1 aliphatic heterocycles. The Morgan fingerprint density at radius 1 is 1.67 bits per heavy atom. The van der Waals surface area contributed by atoms with Gasteiger partial charge in [0.15, 0.2) is 0 Å². The first kappa shape index (κ1) is 6.99. The zero-order valence-corrected chi connectivity index (χ0v) is 5.84. The fourth-order valence-electron chi connectivity index (χ4n) is 0.999. The first-order valence-corrected chi connectivity index (χ1v) is 3.31. The molecule has 0 spiro atoms. The summed E-state index contributed by atoms with van der Waals surface area (Å²) in [5, 5.41) is 0. The van der Waals surface area contributed by atoms with Crippen molar-refractivity contribution in [2.75, 3.05) is 33.4 Å². The van der Waals surface area contributed by atoms with Crippen molar-refractivity contribution in [2.24, 2.45) is 5.73 Å². The maximum atomic E-state index is 5.66. The molecule has 0 saturated carbocycles. The first-order valence-electron chi connectivity index (χ1n) is 3.31. The second-order valence-electron chi connectivity index (χ2n) is 2.60. The molecule has 3 nitrogen and oxygen atoms in total. The van der Waals surface area contributed by atoms with E-state index in [1.807, 2.05) is 0 Å². The number of hydrogen-bond acceptors (Lipinski definition) is 3. The van der Waals surface area contributed by atoms with Crippen molar-refractivity contribution in [3.63, 3.8) is 0 Å². The van der Waals surface area contributed by atoms with Gasteiger partial charge >= 0.3 is 0 Å². The van der Waals surface area contributed by atoms with Crippen LogP contribution in [0.25, 0.3) is 0 Å². The van der Waals surface area contributed by atoms with Crippen LogP contribution in [0.3, 0.4) is 0 Å². The molecule has 1 rings (SSSR count). The van der Waals surface area contributed by atoms with Crippen molar-refractivity contribution in [2.45, 2.75) is 6.04 Å². The molecule has 3 heteroatoms. The lowest BCUT2D eigenvalue weighted by Gasteiger charge is -2.13. The number of rotatable bonds is 0. The molecule has 1 saturated heterocycles. The van der Waals surface area contributed by atoms with E-state index in [2.05, 4.69) is 11.9 Å². The van der Waals surface area contributed by atoms with Crippen molar-refractivity contribution in [1.29, 1.82) is 0 Å². The molecule has 0 aromatic heterocycles. The highest BCUT2D eigenvalue weighted by Crippen LogP contribution is 1.93. The molecule has 1 heterocycles. The van der Waals surface area contributed by atoms with Crippen LogP contribution in [0.15, 0.2) is 0 Å². The topological polar surface area (TPSA) is 38.5 Å². The maximum absolute atomic E-state index is 5.66. The van der Waals surface area contributed by atoms with Crippen LogP contribution in [0.2, 0.25) is 0 Å². The molecule has 0 amide bonds. The summed E-state index contributed by atoms with van der Waals surface area (Å²) in [6.07, 6.45) is 0. The average molecular weight is 130 g/mol. The van der Waals surface area contributed by atoms with Crippen LogP contribution in [0, 0.1) is 0 Å². The van der Waals surface area contributed by atoms with Gasteiger partial charge in [0, 0.05) is 19.1 Å². The van der Waals surface area contributed by atoms with Crippen molar-refractivity contribution in [1.82, 2.24) is 4.90 Å². The summed E-state index contributed by atoms with van der Waals surface area (Å²) >= 11 is 0. The Kier molecular flexibility index (Phi) is 2.45. The third-order valence-corrected chi connectivity index (χ3v) is 1.50. The third-order valence-electron chi connectivity index (χ3n) is 1.50. The van der Waals surface area contributed by atoms with E-state index in [0.717, 1.165) is 19.7 Å². The van der Waals surface area contributed by atoms with E-state index < -0.39 is 0 Å². The van der Waals surface area contributed by atoms with Crippen LogP contribution in [0.1, 0.15) is 0 Å². The van der Waals surface area contributed by atoms with Crippen molar-refractivity contribution in [3.8, 4) is 0 Å². The van der Waals surface area contributed by atoms with Crippen LogP contribution >= 0.6 is 0 Å². The van der Waals surface area contributed by atoms with E-state index in [0.29, 0.717) is 6.61 Å². The monoisotopic (exact) mass is 130 g/mol. The molecule has 1 aliphatic rings. The van der Waals surface area contributed by atoms with E-state index in [1.165, 1.54) is 0 Å². The molecular formula is C6H14N2O. The van der Waals surface area contributed by atoms with Crippen LogP contribution in [0.4, 0.5) is 0 Å². The fraction of sp³-hybridized carbons (Fsp3) is 1.00. The summed E-state index contributed by atoms with van der Waals surface area (Å²) in [5.74, 6) is 0. The fourth-order valence-corrected chi connectivity index (χ4v) is 0.999. The number of ether oxygens (including phenoxy) is 1. The summed E-state index contributed by atoms with van der Waals surface area (Å²) in [6.45, 7) is 3.50. The van der Waals surface area contributed by atoms with E-state index in [-0.39, 0.29) is 6.04 Å². The second-order valence-corrected chi connectivity index (χ2v) is 2.60. The molecule has 1 unspecified atom stereocenters. The van der Waals surface area contributed by atoms with Gasteiger partial charge < -0.3 is 15.4 Å². The minimum absolute atomic E-state index is 0.206. The predicted molar refractivity (Wildman–Crippen MR) is 36.3 cm³/mol. The van der Waals surface area contributed by atoms with Crippen LogP contribution in [-0.2, 0) is 4.74 Å². The zero-order valence-electron chi connectivity index (χ0n) is 5.84. The van der Waals surface area contributed by atoms with Gasteiger partial charge in [0.25, 0.3) is 0 Å². The summed E-state index contributed by atoms with van der Waals surface area (Å²) in [7, 11) is 2.06. The Morgan fingerprint density at radius 2 is 2.44 bits per heavy atom. The summed E-state index contributed by atoms with van der Waals surface area (Å²) < 4.78 is 5.21. The largest absolute Gasteiger partial charge is 0.378 e. The Labute approximate surface area is 55.8 Å². The second kappa shape index (κ2) is 3.15. The standard InChI is InChI=1S/C6H14N2O/c1-8-2-3-9-5-6(7)4-8/h6H,2-5,7H2,1H3. The molecule has 0 aliphatic carbocycles. The molecule has 0 aromatic carbocycles. The van der Waals surface area contributed by atoms with Gasteiger partial charge in [-0.25, -0.2) is 0 Å². The third kappa shape index (κ3) is 2.30. The van der Waals surface area contributed by atoms with Gasteiger partial charge in [-0.05, 0) is 7.05 Å². The van der Waals surface area contributed by atoms with Crippen molar-refractivity contribution in [3.05, 3.63) is 0 Å². The molecule has 0 bridgehead atoms. The van der Waals surface area contributed by atoms with Gasteiger partial charge in [-0.2, -0.15) is 0 Å².